The maximum atomic E-state index is 12.9. The topological polar surface area (TPSA) is 85.8 Å². The highest BCUT2D eigenvalue weighted by atomic mass is 19.4. The molecule has 30 heavy (non-hydrogen) atoms. The second-order valence-electron chi connectivity index (χ2n) is 6.44. The minimum Gasteiger partial charge on any atom is -0.493 e. The number of ether oxygens (including phenoxy) is 3. The van der Waals surface area contributed by atoms with Gasteiger partial charge in [0.1, 0.15) is 23.6 Å². The summed E-state index contributed by atoms with van der Waals surface area (Å²) in [7, 11) is 2.96. The van der Waals surface area contributed by atoms with E-state index in [0.29, 0.717) is 43.5 Å². The maximum absolute atomic E-state index is 12.9. The Kier molecular flexibility index (Phi) is 6.60. The second kappa shape index (κ2) is 9.16. The van der Waals surface area contributed by atoms with Gasteiger partial charge in [0.15, 0.2) is 11.5 Å². The highest BCUT2D eigenvalue weighted by Gasteiger charge is 2.31. The zero-order chi connectivity index (χ0) is 21.7. The molecule has 1 aromatic heterocycles. The molecule has 0 radical (unpaired) electrons. The minimum atomic E-state index is -4.45. The summed E-state index contributed by atoms with van der Waals surface area (Å²) in [5.74, 6) is 0.101. The second-order valence-corrected chi connectivity index (χ2v) is 6.44. The number of aromatic nitrogens is 2. The van der Waals surface area contributed by atoms with Crippen molar-refractivity contribution < 1.29 is 32.2 Å². The Morgan fingerprint density at radius 3 is 2.53 bits per heavy atom. The van der Waals surface area contributed by atoms with Crippen molar-refractivity contribution in [3.63, 3.8) is 0 Å². The van der Waals surface area contributed by atoms with Gasteiger partial charge in [-0.2, -0.15) is 13.2 Å². The molecule has 1 aliphatic rings. The number of methoxy groups -OCH3 is 2. The maximum Gasteiger partial charge on any atom is 0.396 e. The number of rotatable bonds is 6. The summed E-state index contributed by atoms with van der Waals surface area (Å²) in [6.45, 7) is 1.57. The lowest BCUT2D eigenvalue weighted by Gasteiger charge is -2.29. The van der Waals surface area contributed by atoms with Gasteiger partial charge in [0, 0.05) is 31.0 Å². The molecule has 1 fully saturated rings. The number of benzene rings is 1. The Labute approximate surface area is 171 Å². The van der Waals surface area contributed by atoms with Crippen molar-refractivity contribution in [2.24, 2.45) is 0 Å². The average Bonchev–Trinajstić information content (AvgIpc) is 2.73. The molecule has 2 aromatic rings. The molecule has 0 spiro atoms. The van der Waals surface area contributed by atoms with Gasteiger partial charge in [-0.25, -0.2) is 9.97 Å². The molecule has 1 aliphatic heterocycles. The third kappa shape index (κ3) is 5.29. The summed E-state index contributed by atoms with van der Waals surface area (Å²) >= 11 is 0. The van der Waals surface area contributed by atoms with Crippen molar-refractivity contribution in [1.82, 2.24) is 9.97 Å². The van der Waals surface area contributed by atoms with Crippen LogP contribution >= 0.6 is 0 Å². The molecule has 0 saturated carbocycles. The number of carbonyl (C=O) groups is 1. The molecule has 1 aromatic carbocycles. The molecular weight excluding hydrogens is 405 g/mol. The van der Waals surface area contributed by atoms with Gasteiger partial charge in [0.05, 0.1) is 27.4 Å². The Bertz CT molecular complexity index is 902. The fourth-order valence-corrected chi connectivity index (χ4v) is 2.96. The smallest absolute Gasteiger partial charge is 0.396 e. The lowest BCUT2D eigenvalue weighted by Crippen LogP contribution is -2.38. The van der Waals surface area contributed by atoms with Gasteiger partial charge in [0.25, 0.3) is 5.91 Å². The predicted molar refractivity (Wildman–Crippen MR) is 102 cm³/mol. The van der Waals surface area contributed by atoms with Gasteiger partial charge in [0.2, 0.25) is 0 Å². The van der Waals surface area contributed by atoms with Gasteiger partial charge in [-0.05, 0) is 12.1 Å². The first-order valence-corrected chi connectivity index (χ1v) is 9.09. The highest BCUT2D eigenvalue weighted by molar-refractivity contribution is 6.07. The zero-order valence-electron chi connectivity index (χ0n) is 16.5. The third-order valence-corrected chi connectivity index (χ3v) is 4.37. The van der Waals surface area contributed by atoms with Crippen LogP contribution in [0, 0.1) is 0 Å². The number of nitrogens with zero attached hydrogens (tertiary/aromatic N) is 3. The van der Waals surface area contributed by atoms with Gasteiger partial charge in [-0.15, -0.1) is 0 Å². The molecule has 1 amide bonds. The van der Waals surface area contributed by atoms with E-state index in [2.05, 4.69) is 15.3 Å². The van der Waals surface area contributed by atoms with Gasteiger partial charge in [-0.1, -0.05) is 0 Å². The highest BCUT2D eigenvalue weighted by Crippen LogP contribution is 2.30. The van der Waals surface area contributed by atoms with E-state index in [1.165, 1.54) is 14.2 Å². The van der Waals surface area contributed by atoms with Gasteiger partial charge in [-0.3, -0.25) is 4.79 Å². The monoisotopic (exact) mass is 426 g/mol. The van der Waals surface area contributed by atoms with E-state index in [-0.39, 0.29) is 11.4 Å². The average molecular weight is 426 g/mol. The van der Waals surface area contributed by atoms with E-state index in [1.807, 2.05) is 0 Å². The first-order chi connectivity index (χ1) is 14.3. The summed E-state index contributed by atoms with van der Waals surface area (Å²) in [5, 5.41) is 2.70. The summed E-state index contributed by atoms with van der Waals surface area (Å²) in [6.07, 6.45) is -4.61. The molecule has 1 saturated heterocycles. The summed E-state index contributed by atoms with van der Waals surface area (Å²) < 4.78 is 54.0. The van der Waals surface area contributed by atoms with E-state index >= 15 is 0 Å². The van der Waals surface area contributed by atoms with Crippen molar-refractivity contribution in [1.29, 1.82) is 0 Å². The number of amides is 1. The fraction of sp³-hybridized carbons (Fsp3) is 0.421. The SMILES string of the molecule is COc1ccc(NC(=O)c2cnc(CC(F)(F)F)nc2N2CCOCC2)cc1OC. The van der Waals surface area contributed by atoms with Crippen molar-refractivity contribution in [3.8, 4) is 11.5 Å². The predicted octanol–water partition coefficient (Wildman–Crippen LogP) is 2.69. The van der Waals surface area contributed by atoms with Crippen LogP contribution < -0.4 is 19.7 Å². The fourth-order valence-electron chi connectivity index (χ4n) is 2.96. The van der Waals surface area contributed by atoms with Crippen LogP contribution in [0.4, 0.5) is 24.7 Å². The van der Waals surface area contributed by atoms with Crippen LogP contribution in [-0.4, -0.2) is 62.6 Å². The molecule has 0 atom stereocenters. The van der Waals surface area contributed by atoms with Gasteiger partial charge >= 0.3 is 6.18 Å². The minimum absolute atomic E-state index is 0.0672. The Balaban J connectivity index is 1.90. The van der Waals surface area contributed by atoms with E-state index in [9.17, 15) is 18.0 Å². The van der Waals surface area contributed by atoms with Crippen LogP contribution in [0.5, 0.6) is 11.5 Å². The number of halogens is 3. The molecule has 8 nitrogen and oxygen atoms in total. The Hall–Kier alpha value is -3.08. The molecule has 1 N–H and O–H groups in total. The first-order valence-electron chi connectivity index (χ1n) is 9.09. The Morgan fingerprint density at radius 2 is 1.90 bits per heavy atom. The molecule has 162 valence electrons. The molecule has 11 heteroatoms. The van der Waals surface area contributed by atoms with Crippen LogP contribution in [0.25, 0.3) is 0 Å². The van der Waals surface area contributed by atoms with E-state index < -0.39 is 24.3 Å². The summed E-state index contributed by atoms with van der Waals surface area (Å²) in [5.41, 5.74) is 0.488. The Morgan fingerprint density at radius 1 is 1.20 bits per heavy atom. The molecule has 0 aliphatic carbocycles. The number of hydrogen-bond acceptors (Lipinski definition) is 7. The van der Waals surface area contributed by atoms with Crippen LogP contribution in [0.1, 0.15) is 16.2 Å². The lowest BCUT2D eigenvalue weighted by molar-refractivity contribution is -0.128. The molecule has 2 heterocycles. The number of alkyl halides is 3. The van der Waals surface area contributed by atoms with E-state index in [4.69, 9.17) is 14.2 Å². The van der Waals surface area contributed by atoms with E-state index in [1.54, 1.807) is 23.1 Å². The number of carbonyl (C=O) groups excluding carboxylic acids is 1. The van der Waals surface area contributed by atoms with Crippen molar-refractivity contribution in [2.45, 2.75) is 12.6 Å². The van der Waals surface area contributed by atoms with Crippen molar-refractivity contribution in [2.75, 3.05) is 50.7 Å². The molecule has 0 unspecified atom stereocenters. The molecule has 3 rings (SSSR count). The largest absolute Gasteiger partial charge is 0.493 e. The quantitative estimate of drug-likeness (QED) is 0.760. The number of nitrogens with one attached hydrogen (secondary N) is 1. The molecular formula is C19H21F3N4O4. The molecule has 0 bridgehead atoms. The number of hydrogen-bond donors (Lipinski definition) is 1. The summed E-state index contributed by atoms with van der Waals surface area (Å²) in [6, 6.07) is 4.82. The first kappa shape index (κ1) is 21.6. The standard InChI is InChI=1S/C19H21F3N4O4/c1-28-14-4-3-12(9-15(14)29-2)24-18(27)13-11-23-16(10-19(20,21)22)25-17(13)26-5-7-30-8-6-26/h3-4,9,11H,5-8,10H2,1-2H3,(H,24,27). The van der Waals surface area contributed by atoms with E-state index in [0.717, 1.165) is 6.20 Å². The van der Waals surface area contributed by atoms with Gasteiger partial charge < -0.3 is 24.4 Å². The lowest BCUT2D eigenvalue weighted by atomic mass is 10.2. The zero-order valence-corrected chi connectivity index (χ0v) is 16.5. The van der Waals surface area contributed by atoms with Crippen LogP contribution in [0.3, 0.4) is 0 Å². The van der Waals surface area contributed by atoms with Crippen LogP contribution in [0.2, 0.25) is 0 Å². The number of anilines is 2. The van der Waals surface area contributed by atoms with Crippen molar-refractivity contribution in [3.05, 3.63) is 35.8 Å². The third-order valence-electron chi connectivity index (χ3n) is 4.37. The normalized spacial score (nSPS) is 14.4. The van der Waals surface area contributed by atoms with Crippen molar-refractivity contribution >= 4 is 17.4 Å². The number of morpholine rings is 1. The van der Waals surface area contributed by atoms with Crippen LogP contribution in [-0.2, 0) is 11.2 Å². The van der Waals surface area contributed by atoms with Crippen LogP contribution in [0.15, 0.2) is 24.4 Å². The summed E-state index contributed by atoms with van der Waals surface area (Å²) in [4.78, 5) is 22.4.